The largest absolute Gasteiger partial charge is 0.466 e. The Hall–Kier alpha value is -1.06. The van der Waals surface area contributed by atoms with Gasteiger partial charge in [-0.25, -0.2) is 0 Å². The van der Waals surface area contributed by atoms with E-state index in [-0.39, 0.29) is 18.0 Å². The van der Waals surface area contributed by atoms with E-state index in [0.717, 1.165) is 32.1 Å². The molecule has 0 aromatic carbocycles. The fourth-order valence-corrected chi connectivity index (χ4v) is 3.42. The second-order valence-electron chi connectivity index (χ2n) is 7.43. The zero-order valence-corrected chi connectivity index (χ0v) is 17.9. The van der Waals surface area contributed by atoms with Crippen LogP contribution >= 0.6 is 0 Å². The molecule has 154 valence electrons. The molecule has 3 atom stereocenters. The predicted molar refractivity (Wildman–Crippen MR) is 107 cm³/mol. The molecule has 4 nitrogen and oxygen atoms in total. The SMILES string of the molecule is CCCC(CC)CCOC(=O)CCCCC(=O)OC(C)C(CC)CCC. The van der Waals surface area contributed by atoms with Gasteiger partial charge in [0.25, 0.3) is 0 Å². The van der Waals surface area contributed by atoms with Gasteiger partial charge in [-0.2, -0.15) is 0 Å². The summed E-state index contributed by atoms with van der Waals surface area (Å²) in [6, 6.07) is 0. The molecule has 0 amide bonds. The number of unbranched alkanes of at least 4 members (excludes halogenated alkanes) is 1. The summed E-state index contributed by atoms with van der Waals surface area (Å²) in [6.45, 7) is 11.2. The van der Waals surface area contributed by atoms with E-state index < -0.39 is 0 Å². The van der Waals surface area contributed by atoms with E-state index in [1.807, 2.05) is 6.92 Å². The summed E-state index contributed by atoms with van der Waals surface area (Å²) in [5.74, 6) is 0.806. The van der Waals surface area contributed by atoms with E-state index in [4.69, 9.17) is 9.47 Å². The molecule has 0 rings (SSSR count). The second kappa shape index (κ2) is 16.1. The minimum absolute atomic E-state index is 0.0213. The van der Waals surface area contributed by atoms with Crippen LogP contribution in [-0.2, 0) is 19.1 Å². The van der Waals surface area contributed by atoms with Crippen LogP contribution in [0, 0.1) is 11.8 Å². The predicted octanol–water partition coefficient (Wildman–Crippen LogP) is 6.06. The topological polar surface area (TPSA) is 52.6 Å². The molecule has 0 spiro atoms. The van der Waals surface area contributed by atoms with Crippen molar-refractivity contribution in [2.45, 2.75) is 111 Å². The Balaban J connectivity index is 3.80. The molecule has 0 aliphatic rings. The molecule has 4 heteroatoms. The van der Waals surface area contributed by atoms with Crippen molar-refractivity contribution in [2.24, 2.45) is 11.8 Å². The lowest BCUT2D eigenvalue weighted by Gasteiger charge is -2.22. The van der Waals surface area contributed by atoms with Crippen LogP contribution in [0.3, 0.4) is 0 Å². The van der Waals surface area contributed by atoms with Crippen molar-refractivity contribution < 1.29 is 19.1 Å². The Morgan fingerprint density at radius 1 is 0.808 bits per heavy atom. The summed E-state index contributed by atoms with van der Waals surface area (Å²) in [6.07, 6.45) is 9.82. The van der Waals surface area contributed by atoms with Crippen LogP contribution in [0.4, 0.5) is 0 Å². The van der Waals surface area contributed by atoms with Crippen LogP contribution in [0.5, 0.6) is 0 Å². The fourth-order valence-electron chi connectivity index (χ4n) is 3.42. The van der Waals surface area contributed by atoms with Gasteiger partial charge in [0, 0.05) is 12.8 Å². The zero-order chi connectivity index (χ0) is 19.8. The van der Waals surface area contributed by atoms with Crippen molar-refractivity contribution >= 4 is 11.9 Å². The summed E-state index contributed by atoms with van der Waals surface area (Å²) < 4.78 is 10.8. The molecule has 0 radical (unpaired) electrons. The van der Waals surface area contributed by atoms with Crippen molar-refractivity contribution in [1.29, 1.82) is 0 Å². The Bertz CT molecular complexity index is 367. The summed E-state index contributed by atoms with van der Waals surface area (Å²) in [7, 11) is 0. The minimum atomic E-state index is -0.147. The van der Waals surface area contributed by atoms with Gasteiger partial charge in [-0.3, -0.25) is 9.59 Å². The van der Waals surface area contributed by atoms with E-state index in [1.54, 1.807) is 0 Å². The van der Waals surface area contributed by atoms with Gasteiger partial charge < -0.3 is 9.47 Å². The molecule has 0 aromatic rings. The first kappa shape index (κ1) is 24.9. The van der Waals surface area contributed by atoms with Gasteiger partial charge in [0.1, 0.15) is 6.10 Å². The van der Waals surface area contributed by atoms with Gasteiger partial charge in [0.2, 0.25) is 0 Å². The van der Waals surface area contributed by atoms with Gasteiger partial charge >= 0.3 is 11.9 Å². The number of carbonyl (C=O) groups excluding carboxylic acids is 2. The van der Waals surface area contributed by atoms with Crippen LogP contribution in [0.1, 0.15) is 105 Å². The molecular formula is C22H42O4. The third-order valence-electron chi connectivity index (χ3n) is 5.24. The van der Waals surface area contributed by atoms with Gasteiger partial charge in [-0.05, 0) is 50.9 Å². The van der Waals surface area contributed by atoms with E-state index in [1.165, 1.54) is 12.8 Å². The summed E-state index contributed by atoms with van der Waals surface area (Å²) >= 11 is 0. The van der Waals surface area contributed by atoms with Gasteiger partial charge in [0.15, 0.2) is 0 Å². The van der Waals surface area contributed by atoms with Crippen molar-refractivity contribution in [2.75, 3.05) is 6.61 Å². The minimum Gasteiger partial charge on any atom is -0.466 e. The Morgan fingerprint density at radius 2 is 1.42 bits per heavy atom. The molecule has 0 aromatic heterocycles. The first-order chi connectivity index (χ1) is 12.5. The second-order valence-corrected chi connectivity index (χ2v) is 7.43. The third-order valence-corrected chi connectivity index (χ3v) is 5.24. The summed E-state index contributed by atoms with van der Waals surface area (Å²) in [4.78, 5) is 23.7. The molecule has 0 saturated heterocycles. The number of hydrogen-bond donors (Lipinski definition) is 0. The average Bonchev–Trinajstić information content (AvgIpc) is 2.62. The van der Waals surface area contributed by atoms with Crippen molar-refractivity contribution in [1.82, 2.24) is 0 Å². The number of carbonyl (C=O) groups is 2. The maximum atomic E-state index is 11.9. The van der Waals surface area contributed by atoms with Gasteiger partial charge in [-0.1, -0.05) is 53.4 Å². The van der Waals surface area contributed by atoms with Crippen LogP contribution in [0.25, 0.3) is 0 Å². The van der Waals surface area contributed by atoms with E-state index in [9.17, 15) is 9.59 Å². The maximum absolute atomic E-state index is 11.9. The molecule has 0 N–H and O–H groups in total. The Morgan fingerprint density at radius 3 is 1.96 bits per heavy atom. The Labute approximate surface area is 161 Å². The lowest BCUT2D eigenvalue weighted by atomic mass is 9.95. The molecule has 0 aliphatic carbocycles. The van der Waals surface area contributed by atoms with Crippen molar-refractivity contribution in [3.63, 3.8) is 0 Å². The zero-order valence-electron chi connectivity index (χ0n) is 17.9. The summed E-state index contributed by atoms with van der Waals surface area (Å²) in [5, 5.41) is 0. The molecule has 0 heterocycles. The highest BCUT2D eigenvalue weighted by Crippen LogP contribution is 2.19. The van der Waals surface area contributed by atoms with E-state index in [2.05, 4.69) is 27.7 Å². The smallest absolute Gasteiger partial charge is 0.306 e. The standard InChI is InChI=1S/C22H42O4/c1-6-12-19(8-3)16-17-25-21(23)14-10-11-15-22(24)26-18(5)20(9-4)13-7-2/h18-20H,6-17H2,1-5H3. The monoisotopic (exact) mass is 370 g/mol. The highest BCUT2D eigenvalue weighted by molar-refractivity contribution is 5.70. The summed E-state index contributed by atoms with van der Waals surface area (Å²) in [5.41, 5.74) is 0. The average molecular weight is 371 g/mol. The molecule has 0 aliphatic heterocycles. The quantitative estimate of drug-likeness (QED) is 0.245. The normalized spacial score (nSPS) is 14.5. The third kappa shape index (κ3) is 12.3. The number of hydrogen-bond acceptors (Lipinski definition) is 4. The van der Waals surface area contributed by atoms with Crippen molar-refractivity contribution in [3.8, 4) is 0 Å². The van der Waals surface area contributed by atoms with Crippen LogP contribution < -0.4 is 0 Å². The van der Waals surface area contributed by atoms with Crippen LogP contribution in [0.2, 0.25) is 0 Å². The molecule has 0 bridgehead atoms. The fraction of sp³-hybridized carbons (Fsp3) is 0.909. The maximum Gasteiger partial charge on any atom is 0.306 e. The Kier molecular flexibility index (Phi) is 15.5. The first-order valence-electron chi connectivity index (χ1n) is 10.8. The lowest BCUT2D eigenvalue weighted by Crippen LogP contribution is -2.23. The van der Waals surface area contributed by atoms with Gasteiger partial charge in [-0.15, -0.1) is 0 Å². The molecule has 3 unspecified atom stereocenters. The lowest BCUT2D eigenvalue weighted by molar-refractivity contribution is -0.151. The highest BCUT2D eigenvalue weighted by atomic mass is 16.5. The van der Waals surface area contributed by atoms with Crippen LogP contribution in [0.15, 0.2) is 0 Å². The molecule has 0 saturated carbocycles. The molecular weight excluding hydrogens is 328 g/mol. The van der Waals surface area contributed by atoms with Crippen molar-refractivity contribution in [3.05, 3.63) is 0 Å². The number of rotatable bonds is 16. The molecule has 26 heavy (non-hydrogen) atoms. The number of ether oxygens (including phenoxy) is 2. The molecule has 0 fully saturated rings. The highest BCUT2D eigenvalue weighted by Gasteiger charge is 2.18. The van der Waals surface area contributed by atoms with E-state index >= 15 is 0 Å². The van der Waals surface area contributed by atoms with E-state index in [0.29, 0.717) is 44.1 Å². The number of esters is 2. The van der Waals surface area contributed by atoms with Gasteiger partial charge in [0.05, 0.1) is 6.61 Å². The van der Waals surface area contributed by atoms with Crippen LogP contribution in [-0.4, -0.2) is 24.6 Å². The first-order valence-corrected chi connectivity index (χ1v) is 10.8.